The first-order chi connectivity index (χ1) is 15.1. The summed E-state index contributed by atoms with van der Waals surface area (Å²) in [5.74, 6) is 1.81. The molecule has 1 amide bonds. The van der Waals surface area contributed by atoms with Crippen LogP contribution in [0.2, 0.25) is 0 Å². The zero-order valence-electron chi connectivity index (χ0n) is 17.8. The van der Waals surface area contributed by atoms with Crippen molar-refractivity contribution in [3.63, 3.8) is 0 Å². The van der Waals surface area contributed by atoms with Crippen LogP contribution < -0.4 is 10.2 Å². The third kappa shape index (κ3) is 5.47. The van der Waals surface area contributed by atoms with E-state index in [2.05, 4.69) is 26.3 Å². The van der Waals surface area contributed by atoms with Crippen LogP contribution in [0.15, 0.2) is 60.9 Å². The molecule has 0 unspecified atom stereocenters. The van der Waals surface area contributed by atoms with Gasteiger partial charge in [-0.05, 0) is 61.1 Å². The van der Waals surface area contributed by atoms with E-state index in [1.54, 1.807) is 6.20 Å². The fraction of sp³-hybridized carbons (Fsp3) is 0.320. The molecule has 4 rings (SSSR count). The number of carbonyl (C=O) groups is 1. The third-order valence-electron chi connectivity index (χ3n) is 5.79. The van der Waals surface area contributed by atoms with Gasteiger partial charge in [-0.25, -0.2) is 9.97 Å². The number of aryl methyl sites for hydroxylation is 1. The highest BCUT2D eigenvalue weighted by molar-refractivity contribution is 5.91. The van der Waals surface area contributed by atoms with Crippen LogP contribution in [-0.2, 0) is 11.2 Å². The first kappa shape index (κ1) is 21.0. The summed E-state index contributed by atoms with van der Waals surface area (Å²) in [6, 6.07) is 15.8. The van der Waals surface area contributed by atoms with Crippen LogP contribution in [0.5, 0.6) is 0 Å². The Labute approximate surface area is 183 Å². The van der Waals surface area contributed by atoms with Crippen molar-refractivity contribution in [2.75, 3.05) is 29.9 Å². The lowest BCUT2D eigenvalue weighted by molar-refractivity contribution is -0.115. The second kappa shape index (κ2) is 9.71. The van der Waals surface area contributed by atoms with Crippen molar-refractivity contribution in [3.8, 4) is 11.1 Å². The molecule has 0 atom stereocenters. The molecule has 0 saturated carbocycles. The summed E-state index contributed by atoms with van der Waals surface area (Å²) >= 11 is 0. The molecule has 1 fully saturated rings. The monoisotopic (exact) mass is 416 g/mol. The quantitative estimate of drug-likeness (QED) is 0.638. The summed E-state index contributed by atoms with van der Waals surface area (Å²) in [5.41, 5.74) is 4.17. The van der Waals surface area contributed by atoms with E-state index in [4.69, 9.17) is 0 Å². The lowest BCUT2D eigenvalue weighted by Gasteiger charge is -2.32. The van der Waals surface area contributed by atoms with Gasteiger partial charge in [0.25, 0.3) is 0 Å². The van der Waals surface area contributed by atoms with E-state index in [1.807, 2.05) is 55.6 Å². The summed E-state index contributed by atoms with van der Waals surface area (Å²) < 4.78 is 0. The zero-order valence-corrected chi connectivity index (χ0v) is 17.8. The normalized spacial score (nSPS) is 14.5. The van der Waals surface area contributed by atoms with E-state index < -0.39 is 0 Å². The van der Waals surface area contributed by atoms with Gasteiger partial charge >= 0.3 is 0 Å². The summed E-state index contributed by atoms with van der Waals surface area (Å²) in [4.78, 5) is 23.5. The Morgan fingerprint density at radius 2 is 1.84 bits per heavy atom. The Bertz CT molecular complexity index is 1010. The van der Waals surface area contributed by atoms with E-state index in [0.717, 1.165) is 48.4 Å². The SMILES string of the molecule is Cc1ccc(CC(=O)Nc2ccc(-c3ccnc(N4CCC(CO)CC4)c3)cn2)cc1. The summed E-state index contributed by atoms with van der Waals surface area (Å²) in [5, 5.41) is 12.2. The van der Waals surface area contributed by atoms with Crippen LogP contribution in [-0.4, -0.2) is 40.7 Å². The van der Waals surface area contributed by atoms with Crippen molar-refractivity contribution in [2.45, 2.75) is 26.2 Å². The van der Waals surface area contributed by atoms with Crippen LogP contribution in [0.3, 0.4) is 0 Å². The van der Waals surface area contributed by atoms with Gasteiger partial charge in [-0.1, -0.05) is 29.8 Å². The van der Waals surface area contributed by atoms with E-state index in [9.17, 15) is 9.90 Å². The molecular formula is C25H28N4O2. The summed E-state index contributed by atoms with van der Waals surface area (Å²) in [7, 11) is 0. The average molecular weight is 417 g/mol. The highest BCUT2D eigenvalue weighted by Crippen LogP contribution is 2.26. The van der Waals surface area contributed by atoms with Gasteiger partial charge in [-0.3, -0.25) is 4.79 Å². The summed E-state index contributed by atoms with van der Waals surface area (Å²) in [6.45, 7) is 4.11. The van der Waals surface area contributed by atoms with E-state index in [1.165, 1.54) is 5.56 Å². The molecule has 0 bridgehead atoms. The summed E-state index contributed by atoms with van der Waals surface area (Å²) in [6.07, 6.45) is 5.89. The van der Waals surface area contributed by atoms with Gasteiger partial charge in [0.05, 0.1) is 6.42 Å². The molecule has 6 heteroatoms. The van der Waals surface area contributed by atoms with Gasteiger partial charge in [-0.15, -0.1) is 0 Å². The minimum absolute atomic E-state index is 0.0819. The van der Waals surface area contributed by atoms with Crippen molar-refractivity contribution in [2.24, 2.45) is 5.92 Å². The van der Waals surface area contributed by atoms with Crippen LogP contribution in [0.4, 0.5) is 11.6 Å². The van der Waals surface area contributed by atoms with Crippen LogP contribution in [0, 0.1) is 12.8 Å². The molecule has 1 saturated heterocycles. The molecule has 31 heavy (non-hydrogen) atoms. The number of pyridine rings is 2. The Morgan fingerprint density at radius 3 is 2.52 bits per heavy atom. The standard InChI is InChI=1S/C25H28N4O2/c1-18-2-4-19(5-3-18)14-25(31)28-23-7-6-22(16-27-23)21-8-11-26-24(15-21)29-12-9-20(17-30)10-13-29/h2-8,11,15-16,20,30H,9-10,12-14,17H2,1H3,(H,27,28,31). The number of anilines is 2. The topological polar surface area (TPSA) is 78.4 Å². The number of rotatable bonds is 6. The molecular weight excluding hydrogens is 388 g/mol. The maximum atomic E-state index is 12.3. The second-order valence-electron chi connectivity index (χ2n) is 8.16. The Balaban J connectivity index is 1.39. The minimum atomic E-state index is -0.0819. The number of benzene rings is 1. The van der Waals surface area contributed by atoms with Crippen molar-refractivity contribution >= 4 is 17.5 Å². The number of carbonyl (C=O) groups excluding carboxylic acids is 1. The van der Waals surface area contributed by atoms with Gasteiger partial charge in [0.1, 0.15) is 11.6 Å². The number of aromatic nitrogens is 2. The van der Waals surface area contributed by atoms with E-state index in [-0.39, 0.29) is 12.5 Å². The number of piperidine rings is 1. The number of aliphatic hydroxyl groups is 1. The molecule has 0 spiro atoms. The highest BCUT2D eigenvalue weighted by atomic mass is 16.3. The largest absolute Gasteiger partial charge is 0.396 e. The Morgan fingerprint density at radius 1 is 1.06 bits per heavy atom. The van der Waals surface area contributed by atoms with Crippen molar-refractivity contribution in [1.82, 2.24) is 9.97 Å². The second-order valence-corrected chi connectivity index (χ2v) is 8.16. The molecule has 2 N–H and O–H groups in total. The maximum Gasteiger partial charge on any atom is 0.229 e. The van der Waals surface area contributed by atoms with Gasteiger partial charge in [0, 0.05) is 37.7 Å². The van der Waals surface area contributed by atoms with Crippen LogP contribution in [0.1, 0.15) is 24.0 Å². The number of hydrogen-bond donors (Lipinski definition) is 2. The van der Waals surface area contributed by atoms with Gasteiger partial charge in [0.15, 0.2) is 0 Å². The molecule has 0 radical (unpaired) electrons. The first-order valence-corrected chi connectivity index (χ1v) is 10.7. The van der Waals surface area contributed by atoms with Gasteiger partial charge in [-0.2, -0.15) is 0 Å². The molecule has 6 nitrogen and oxygen atoms in total. The van der Waals surface area contributed by atoms with E-state index >= 15 is 0 Å². The van der Waals surface area contributed by atoms with Crippen LogP contribution in [0.25, 0.3) is 11.1 Å². The minimum Gasteiger partial charge on any atom is -0.396 e. The van der Waals surface area contributed by atoms with Crippen LogP contribution >= 0.6 is 0 Å². The maximum absolute atomic E-state index is 12.3. The fourth-order valence-corrected chi connectivity index (χ4v) is 3.83. The predicted octanol–water partition coefficient (Wildman–Crippen LogP) is 3.84. The van der Waals surface area contributed by atoms with Gasteiger partial charge in [0.2, 0.25) is 5.91 Å². The number of hydrogen-bond acceptors (Lipinski definition) is 5. The van der Waals surface area contributed by atoms with E-state index in [0.29, 0.717) is 18.2 Å². The molecule has 2 aromatic heterocycles. The van der Waals surface area contributed by atoms with Crippen molar-refractivity contribution in [1.29, 1.82) is 0 Å². The lowest BCUT2D eigenvalue weighted by atomic mass is 9.98. The molecule has 0 aliphatic carbocycles. The Hall–Kier alpha value is -3.25. The average Bonchev–Trinajstić information content (AvgIpc) is 2.81. The predicted molar refractivity (Wildman–Crippen MR) is 123 cm³/mol. The molecule has 1 aromatic carbocycles. The van der Waals surface area contributed by atoms with Crippen molar-refractivity contribution in [3.05, 3.63) is 72.1 Å². The Kier molecular flexibility index (Phi) is 6.57. The smallest absolute Gasteiger partial charge is 0.229 e. The number of amides is 1. The number of nitrogens with zero attached hydrogens (tertiary/aromatic N) is 3. The first-order valence-electron chi connectivity index (χ1n) is 10.7. The molecule has 1 aliphatic heterocycles. The van der Waals surface area contributed by atoms with Gasteiger partial charge < -0.3 is 15.3 Å². The molecule has 3 heterocycles. The number of nitrogens with one attached hydrogen (secondary N) is 1. The third-order valence-corrected chi connectivity index (χ3v) is 5.79. The molecule has 160 valence electrons. The lowest BCUT2D eigenvalue weighted by Crippen LogP contribution is -2.35. The van der Waals surface area contributed by atoms with Crippen molar-refractivity contribution < 1.29 is 9.90 Å². The zero-order chi connectivity index (χ0) is 21.6. The molecule has 1 aliphatic rings. The highest BCUT2D eigenvalue weighted by Gasteiger charge is 2.19. The molecule has 3 aromatic rings. The number of aliphatic hydroxyl groups excluding tert-OH is 1. The fourth-order valence-electron chi connectivity index (χ4n) is 3.83.